The average Bonchev–Trinajstić information content (AvgIpc) is 2.83. The summed E-state index contributed by atoms with van der Waals surface area (Å²) in [6, 6.07) is 5.26. The Bertz CT molecular complexity index is 707. The first kappa shape index (κ1) is 16.0. The molecule has 0 saturated heterocycles. The Morgan fingerprint density at radius 1 is 1.35 bits per heavy atom. The van der Waals surface area contributed by atoms with Gasteiger partial charge in [0.2, 0.25) is 5.91 Å². The Morgan fingerprint density at radius 3 is 2.78 bits per heavy atom. The molecule has 1 aromatic carbocycles. The first-order valence-corrected chi connectivity index (χ1v) is 8.15. The molecule has 1 fully saturated rings. The van der Waals surface area contributed by atoms with Gasteiger partial charge in [-0.1, -0.05) is 24.6 Å². The summed E-state index contributed by atoms with van der Waals surface area (Å²) >= 11 is 1.30. The molecule has 0 aliphatic heterocycles. The van der Waals surface area contributed by atoms with Crippen molar-refractivity contribution < 1.29 is 18.0 Å². The van der Waals surface area contributed by atoms with E-state index in [1.807, 2.05) is 0 Å². The molecule has 7 heteroatoms. The Labute approximate surface area is 135 Å². The first-order chi connectivity index (χ1) is 10.9. The summed E-state index contributed by atoms with van der Waals surface area (Å²) in [7, 11) is 0. The summed E-state index contributed by atoms with van der Waals surface area (Å²) in [4.78, 5) is 16.8. The molecular weight excluding hydrogens is 325 g/mol. The molecule has 1 N–H and O–H groups in total. The van der Waals surface area contributed by atoms with Crippen LogP contribution in [0.25, 0.3) is 0 Å². The van der Waals surface area contributed by atoms with E-state index in [0.717, 1.165) is 36.3 Å². The maximum absolute atomic E-state index is 12.7. The Hall–Kier alpha value is -1.89. The van der Waals surface area contributed by atoms with Crippen LogP contribution in [-0.2, 0) is 17.4 Å². The monoisotopic (exact) mass is 340 g/mol. The van der Waals surface area contributed by atoms with Gasteiger partial charge in [-0.3, -0.25) is 4.79 Å². The second-order valence-corrected chi connectivity index (χ2v) is 6.74. The fraction of sp³-hybridized carbons (Fsp3) is 0.375. The lowest BCUT2D eigenvalue weighted by Crippen LogP contribution is -2.27. The lowest BCUT2D eigenvalue weighted by atomic mass is 9.85. The summed E-state index contributed by atoms with van der Waals surface area (Å²) in [6.45, 7) is 0. The van der Waals surface area contributed by atoms with Crippen LogP contribution in [-0.4, -0.2) is 10.9 Å². The zero-order valence-corrected chi connectivity index (χ0v) is 13.0. The number of aromatic nitrogens is 1. The number of alkyl halides is 3. The van der Waals surface area contributed by atoms with Crippen molar-refractivity contribution >= 4 is 22.4 Å². The highest BCUT2D eigenvalue weighted by atomic mass is 32.1. The number of thiazole rings is 1. The Kier molecular flexibility index (Phi) is 4.39. The van der Waals surface area contributed by atoms with Crippen LogP contribution in [0.15, 0.2) is 30.5 Å². The quantitative estimate of drug-likeness (QED) is 0.891. The first-order valence-electron chi connectivity index (χ1n) is 7.33. The highest BCUT2D eigenvalue weighted by Gasteiger charge is 2.30. The number of carbonyl (C=O) groups is 1. The van der Waals surface area contributed by atoms with Gasteiger partial charge in [0.15, 0.2) is 5.13 Å². The van der Waals surface area contributed by atoms with E-state index in [4.69, 9.17) is 0 Å². The summed E-state index contributed by atoms with van der Waals surface area (Å²) in [6.07, 6.45) is 0.521. The van der Waals surface area contributed by atoms with Gasteiger partial charge in [0.25, 0.3) is 0 Å². The number of amides is 1. The van der Waals surface area contributed by atoms with Crippen LogP contribution in [0.3, 0.4) is 0 Å². The van der Waals surface area contributed by atoms with Crippen LogP contribution in [0.2, 0.25) is 0 Å². The fourth-order valence-electron chi connectivity index (χ4n) is 2.38. The molecule has 0 atom stereocenters. The van der Waals surface area contributed by atoms with E-state index in [1.165, 1.54) is 17.4 Å². The number of rotatable bonds is 4. The van der Waals surface area contributed by atoms with E-state index in [-0.39, 0.29) is 11.8 Å². The predicted molar refractivity (Wildman–Crippen MR) is 82.3 cm³/mol. The minimum atomic E-state index is -4.34. The molecule has 0 bridgehead atoms. The van der Waals surface area contributed by atoms with Crippen molar-refractivity contribution in [3.8, 4) is 0 Å². The van der Waals surface area contributed by atoms with Gasteiger partial charge >= 0.3 is 6.18 Å². The zero-order valence-electron chi connectivity index (χ0n) is 12.2. The fourth-order valence-corrected chi connectivity index (χ4v) is 3.23. The van der Waals surface area contributed by atoms with Crippen molar-refractivity contribution in [2.45, 2.75) is 31.9 Å². The normalized spacial score (nSPS) is 15.3. The Balaban J connectivity index is 1.66. The summed E-state index contributed by atoms with van der Waals surface area (Å²) < 4.78 is 38.1. The molecule has 1 aliphatic carbocycles. The SMILES string of the molecule is O=C(Nc1ncc(Cc2cccc(C(F)(F)F)c2)s1)C1CCC1. The molecule has 1 heterocycles. The van der Waals surface area contributed by atoms with Crippen molar-refractivity contribution in [3.63, 3.8) is 0 Å². The molecule has 3 rings (SSSR count). The van der Waals surface area contributed by atoms with Crippen LogP contribution in [0.4, 0.5) is 18.3 Å². The van der Waals surface area contributed by atoms with E-state index in [9.17, 15) is 18.0 Å². The number of carbonyl (C=O) groups excluding carboxylic acids is 1. The van der Waals surface area contributed by atoms with Crippen molar-refractivity contribution in [3.05, 3.63) is 46.5 Å². The van der Waals surface area contributed by atoms with Gasteiger partial charge in [-0.15, -0.1) is 11.3 Å². The molecule has 2 aromatic rings. The van der Waals surface area contributed by atoms with E-state index in [0.29, 0.717) is 17.1 Å². The minimum absolute atomic E-state index is 0.0174. The number of nitrogens with zero attached hydrogens (tertiary/aromatic N) is 1. The van der Waals surface area contributed by atoms with Crippen LogP contribution < -0.4 is 5.32 Å². The van der Waals surface area contributed by atoms with E-state index >= 15 is 0 Å². The molecular formula is C16H15F3N2OS. The maximum atomic E-state index is 12.7. The van der Waals surface area contributed by atoms with Crippen molar-refractivity contribution in [1.82, 2.24) is 4.98 Å². The van der Waals surface area contributed by atoms with Crippen molar-refractivity contribution in [2.75, 3.05) is 5.32 Å². The van der Waals surface area contributed by atoms with Crippen molar-refractivity contribution in [1.29, 1.82) is 0 Å². The molecule has 1 saturated carbocycles. The minimum Gasteiger partial charge on any atom is -0.302 e. The van der Waals surface area contributed by atoms with Crippen LogP contribution in [0, 0.1) is 5.92 Å². The second-order valence-electron chi connectivity index (χ2n) is 5.62. The third-order valence-electron chi connectivity index (χ3n) is 3.89. The number of nitrogens with one attached hydrogen (secondary N) is 1. The molecule has 1 aliphatic rings. The third-order valence-corrected chi connectivity index (χ3v) is 4.81. The van der Waals surface area contributed by atoms with Crippen LogP contribution in [0.1, 0.15) is 35.3 Å². The van der Waals surface area contributed by atoms with E-state index < -0.39 is 11.7 Å². The van der Waals surface area contributed by atoms with Gasteiger partial charge in [0, 0.05) is 23.4 Å². The molecule has 0 spiro atoms. The van der Waals surface area contributed by atoms with E-state index in [2.05, 4.69) is 10.3 Å². The lowest BCUT2D eigenvalue weighted by Gasteiger charge is -2.23. The zero-order chi connectivity index (χ0) is 16.4. The number of hydrogen-bond donors (Lipinski definition) is 1. The highest BCUT2D eigenvalue weighted by Crippen LogP contribution is 2.31. The van der Waals surface area contributed by atoms with Gasteiger partial charge in [-0.25, -0.2) is 4.98 Å². The molecule has 0 unspecified atom stereocenters. The second kappa shape index (κ2) is 6.31. The summed E-state index contributed by atoms with van der Waals surface area (Å²) in [5.41, 5.74) is -0.0848. The highest BCUT2D eigenvalue weighted by molar-refractivity contribution is 7.15. The van der Waals surface area contributed by atoms with E-state index in [1.54, 1.807) is 12.3 Å². The maximum Gasteiger partial charge on any atom is 0.416 e. The lowest BCUT2D eigenvalue weighted by molar-refractivity contribution is -0.137. The number of hydrogen-bond acceptors (Lipinski definition) is 3. The average molecular weight is 340 g/mol. The molecule has 1 amide bonds. The molecule has 23 heavy (non-hydrogen) atoms. The van der Waals surface area contributed by atoms with Gasteiger partial charge in [0.05, 0.1) is 5.56 Å². The van der Waals surface area contributed by atoms with Crippen LogP contribution >= 0.6 is 11.3 Å². The molecule has 1 aromatic heterocycles. The van der Waals surface area contributed by atoms with Gasteiger partial charge in [-0.2, -0.15) is 13.2 Å². The van der Waals surface area contributed by atoms with Crippen molar-refractivity contribution in [2.24, 2.45) is 5.92 Å². The largest absolute Gasteiger partial charge is 0.416 e. The molecule has 3 nitrogen and oxygen atoms in total. The summed E-state index contributed by atoms with van der Waals surface area (Å²) in [5.74, 6) is 0.0574. The van der Waals surface area contributed by atoms with Crippen LogP contribution in [0.5, 0.6) is 0 Å². The number of benzene rings is 1. The third kappa shape index (κ3) is 3.90. The molecule has 122 valence electrons. The predicted octanol–water partition coefficient (Wildman–Crippen LogP) is 4.49. The summed E-state index contributed by atoms with van der Waals surface area (Å²) in [5, 5.41) is 3.28. The number of halogens is 3. The topological polar surface area (TPSA) is 42.0 Å². The van der Waals surface area contributed by atoms with Gasteiger partial charge < -0.3 is 5.32 Å². The Morgan fingerprint density at radius 2 is 2.13 bits per heavy atom. The standard InChI is InChI=1S/C16H15F3N2OS/c17-16(18,19)12-6-1-3-10(7-12)8-13-9-20-15(23-13)21-14(22)11-4-2-5-11/h1,3,6-7,9,11H,2,4-5,8H2,(H,20,21,22). The number of anilines is 1. The van der Waals surface area contributed by atoms with Gasteiger partial charge in [0.1, 0.15) is 0 Å². The molecule has 0 radical (unpaired) electrons. The smallest absolute Gasteiger partial charge is 0.302 e. The van der Waals surface area contributed by atoms with Gasteiger partial charge in [-0.05, 0) is 24.5 Å².